The fourth-order valence-electron chi connectivity index (χ4n) is 3.04. The van der Waals surface area contributed by atoms with Crippen LogP contribution in [0.25, 0.3) is 0 Å². The van der Waals surface area contributed by atoms with Gasteiger partial charge in [0.15, 0.2) is 11.5 Å². The molecule has 0 radical (unpaired) electrons. The van der Waals surface area contributed by atoms with Crippen LogP contribution in [0.5, 0.6) is 11.5 Å². The zero-order valence-corrected chi connectivity index (χ0v) is 13.3. The van der Waals surface area contributed by atoms with Gasteiger partial charge in [-0.2, -0.15) is 5.26 Å². The number of aliphatic hydroxyl groups excluding tert-OH is 1. The lowest BCUT2D eigenvalue weighted by Gasteiger charge is -2.38. The van der Waals surface area contributed by atoms with Crippen LogP contribution in [0.15, 0.2) is 18.2 Å². The number of methoxy groups -OCH3 is 1. The Morgan fingerprint density at radius 2 is 2.23 bits per heavy atom. The molecule has 1 N–H and O–H groups in total. The number of likely N-dealkylation sites (tertiary alicyclic amines) is 1. The molecular formula is C17H24N2O3. The highest BCUT2D eigenvalue weighted by Gasteiger charge is 2.27. The number of rotatable bonds is 6. The van der Waals surface area contributed by atoms with Crippen LogP contribution in [0.4, 0.5) is 0 Å². The molecule has 0 aliphatic carbocycles. The maximum absolute atomic E-state index is 9.55. The fourth-order valence-corrected chi connectivity index (χ4v) is 3.04. The molecule has 1 aliphatic rings. The van der Waals surface area contributed by atoms with Crippen molar-refractivity contribution in [1.82, 2.24) is 4.90 Å². The number of nitriles is 1. The van der Waals surface area contributed by atoms with Crippen LogP contribution in [-0.2, 0) is 0 Å². The third-order valence-electron chi connectivity index (χ3n) is 4.35. The second-order valence-electron chi connectivity index (χ2n) is 5.73. The molecule has 2 unspecified atom stereocenters. The lowest BCUT2D eigenvalue weighted by Crippen LogP contribution is -2.48. The molecule has 0 saturated carbocycles. The Labute approximate surface area is 132 Å². The molecule has 2 atom stereocenters. The van der Waals surface area contributed by atoms with Gasteiger partial charge in [-0.1, -0.05) is 6.92 Å². The molecule has 22 heavy (non-hydrogen) atoms. The van der Waals surface area contributed by atoms with E-state index in [1.54, 1.807) is 25.3 Å². The maximum atomic E-state index is 9.55. The molecule has 120 valence electrons. The van der Waals surface area contributed by atoms with Gasteiger partial charge in [0.25, 0.3) is 0 Å². The molecule has 1 saturated heterocycles. The summed E-state index contributed by atoms with van der Waals surface area (Å²) >= 11 is 0. The molecule has 2 rings (SSSR count). The number of hydrogen-bond donors (Lipinski definition) is 1. The molecule has 1 fully saturated rings. The fraction of sp³-hybridized carbons (Fsp3) is 0.588. The predicted octanol–water partition coefficient (Wildman–Crippen LogP) is 2.04. The topological polar surface area (TPSA) is 65.7 Å². The van der Waals surface area contributed by atoms with Crippen molar-refractivity contribution in [3.63, 3.8) is 0 Å². The summed E-state index contributed by atoms with van der Waals surface area (Å²) in [5.74, 6) is 1.74. The first kappa shape index (κ1) is 16.6. The van der Waals surface area contributed by atoms with Gasteiger partial charge in [0, 0.05) is 18.7 Å². The van der Waals surface area contributed by atoms with Gasteiger partial charge in [0.2, 0.25) is 0 Å². The molecule has 5 heteroatoms. The Balaban J connectivity index is 1.92. The largest absolute Gasteiger partial charge is 0.493 e. The first-order valence-electron chi connectivity index (χ1n) is 7.75. The lowest BCUT2D eigenvalue weighted by atomic mass is 9.91. The number of hydrogen-bond acceptors (Lipinski definition) is 5. The Morgan fingerprint density at radius 1 is 1.41 bits per heavy atom. The first-order chi connectivity index (χ1) is 10.7. The molecule has 5 nitrogen and oxygen atoms in total. The molecule has 0 aromatic heterocycles. The van der Waals surface area contributed by atoms with Crippen molar-refractivity contribution in [3.05, 3.63) is 23.8 Å². The highest BCUT2D eigenvalue weighted by atomic mass is 16.5. The summed E-state index contributed by atoms with van der Waals surface area (Å²) in [5, 5.41) is 18.5. The van der Waals surface area contributed by atoms with Crippen LogP contribution in [0.1, 0.15) is 25.3 Å². The summed E-state index contributed by atoms with van der Waals surface area (Å²) in [6.07, 6.45) is 2.34. The van der Waals surface area contributed by atoms with Crippen LogP contribution in [0.2, 0.25) is 0 Å². The number of nitrogens with zero attached hydrogens (tertiary/aromatic N) is 2. The van der Waals surface area contributed by atoms with Gasteiger partial charge >= 0.3 is 0 Å². The van der Waals surface area contributed by atoms with E-state index in [0.717, 1.165) is 19.5 Å². The van der Waals surface area contributed by atoms with E-state index in [-0.39, 0.29) is 12.6 Å². The SMILES string of the molecule is COc1cc(C#N)ccc1OCCN1CCCC(C)C1CO. The van der Waals surface area contributed by atoms with E-state index in [9.17, 15) is 5.11 Å². The Morgan fingerprint density at radius 3 is 2.91 bits per heavy atom. The molecule has 1 aromatic carbocycles. The number of aliphatic hydroxyl groups is 1. The van der Waals surface area contributed by atoms with E-state index in [1.807, 2.05) is 0 Å². The molecule has 0 amide bonds. The molecule has 1 heterocycles. The van der Waals surface area contributed by atoms with Crippen molar-refractivity contribution >= 4 is 0 Å². The van der Waals surface area contributed by atoms with Crippen LogP contribution >= 0.6 is 0 Å². The zero-order chi connectivity index (χ0) is 15.9. The normalized spacial score (nSPS) is 22.1. The summed E-state index contributed by atoms with van der Waals surface area (Å²) in [7, 11) is 1.57. The van der Waals surface area contributed by atoms with E-state index in [2.05, 4.69) is 17.9 Å². The van der Waals surface area contributed by atoms with Gasteiger partial charge in [-0.05, 0) is 37.4 Å². The summed E-state index contributed by atoms with van der Waals surface area (Å²) in [6.45, 7) is 4.70. The monoisotopic (exact) mass is 304 g/mol. The van der Waals surface area contributed by atoms with Crippen LogP contribution in [-0.4, -0.2) is 49.5 Å². The summed E-state index contributed by atoms with van der Waals surface area (Å²) in [4.78, 5) is 2.30. The standard InChI is InChI=1S/C17H24N2O3/c1-13-4-3-7-19(15(13)12-20)8-9-22-16-6-5-14(11-18)10-17(16)21-2/h5-6,10,13,15,20H,3-4,7-9,12H2,1-2H3. The molecule has 1 aliphatic heterocycles. The Bertz CT molecular complexity index is 527. The second kappa shape index (κ2) is 8.02. The number of piperidine rings is 1. The average molecular weight is 304 g/mol. The van der Waals surface area contributed by atoms with Crippen molar-refractivity contribution in [3.8, 4) is 17.6 Å². The van der Waals surface area contributed by atoms with Crippen LogP contribution < -0.4 is 9.47 Å². The maximum Gasteiger partial charge on any atom is 0.162 e. The van der Waals surface area contributed by atoms with E-state index < -0.39 is 0 Å². The van der Waals surface area contributed by atoms with Gasteiger partial charge in [-0.25, -0.2) is 0 Å². The van der Waals surface area contributed by atoms with Crippen LogP contribution in [0.3, 0.4) is 0 Å². The minimum atomic E-state index is 0.196. The van der Waals surface area contributed by atoms with Crippen molar-refractivity contribution in [2.45, 2.75) is 25.8 Å². The van der Waals surface area contributed by atoms with Crippen molar-refractivity contribution in [1.29, 1.82) is 5.26 Å². The predicted molar refractivity (Wildman–Crippen MR) is 84.0 cm³/mol. The summed E-state index contributed by atoms with van der Waals surface area (Å²) in [5.41, 5.74) is 0.550. The minimum absolute atomic E-state index is 0.196. The van der Waals surface area contributed by atoms with E-state index in [1.165, 1.54) is 6.42 Å². The highest BCUT2D eigenvalue weighted by molar-refractivity contribution is 5.46. The van der Waals surface area contributed by atoms with E-state index in [4.69, 9.17) is 14.7 Å². The molecule has 1 aromatic rings. The van der Waals surface area contributed by atoms with Crippen molar-refractivity contribution in [2.24, 2.45) is 5.92 Å². The van der Waals surface area contributed by atoms with Gasteiger partial charge in [-0.3, -0.25) is 4.90 Å². The van der Waals surface area contributed by atoms with E-state index >= 15 is 0 Å². The van der Waals surface area contributed by atoms with Crippen molar-refractivity contribution in [2.75, 3.05) is 33.4 Å². The Hall–Kier alpha value is -1.77. The lowest BCUT2D eigenvalue weighted by molar-refractivity contribution is 0.0433. The smallest absolute Gasteiger partial charge is 0.162 e. The van der Waals surface area contributed by atoms with Gasteiger partial charge < -0.3 is 14.6 Å². The second-order valence-corrected chi connectivity index (χ2v) is 5.73. The summed E-state index contributed by atoms with van der Waals surface area (Å²) < 4.78 is 11.1. The van der Waals surface area contributed by atoms with Crippen molar-refractivity contribution < 1.29 is 14.6 Å². The molecule has 0 bridgehead atoms. The summed E-state index contributed by atoms with van der Waals surface area (Å²) in [6, 6.07) is 7.46. The minimum Gasteiger partial charge on any atom is -0.493 e. The third kappa shape index (κ3) is 3.90. The highest BCUT2D eigenvalue weighted by Crippen LogP contribution is 2.28. The first-order valence-corrected chi connectivity index (χ1v) is 7.75. The molecule has 0 spiro atoms. The quantitative estimate of drug-likeness (QED) is 0.871. The third-order valence-corrected chi connectivity index (χ3v) is 4.35. The average Bonchev–Trinajstić information content (AvgIpc) is 2.55. The zero-order valence-electron chi connectivity index (χ0n) is 13.3. The van der Waals surface area contributed by atoms with Gasteiger partial charge in [0.1, 0.15) is 6.61 Å². The number of ether oxygens (including phenoxy) is 2. The molecular weight excluding hydrogens is 280 g/mol. The van der Waals surface area contributed by atoms with Crippen LogP contribution in [0, 0.1) is 17.2 Å². The number of benzene rings is 1. The van der Waals surface area contributed by atoms with Gasteiger partial charge in [0.05, 0.1) is 25.3 Å². The van der Waals surface area contributed by atoms with Gasteiger partial charge in [-0.15, -0.1) is 0 Å². The van der Waals surface area contributed by atoms with E-state index in [0.29, 0.717) is 29.6 Å². The Kier molecular flexibility index (Phi) is 6.05.